The summed E-state index contributed by atoms with van der Waals surface area (Å²) in [6.07, 6.45) is 2.70. The number of para-hydroxylation sites is 1. The van der Waals surface area contributed by atoms with Crippen LogP contribution in [-0.2, 0) is 4.79 Å². The number of nitro benzene ring substituents is 1. The van der Waals surface area contributed by atoms with Crippen LogP contribution in [0.15, 0.2) is 48.5 Å². The van der Waals surface area contributed by atoms with Gasteiger partial charge in [-0.1, -0.05) is 12.1 Å². The van der Waals surface area contributed by atoms with Crippen LogP contribution in [0.2, 0.25) is 0 Å². The number of fused-ring (bicyclic) bond motifs is 1. The number of carbonyl (C=O) groups is 1. The maximum atomic E-state index is 11.9. The molecule has 8 heteroatoms. The molecule has 0 saturated carbocycles. The molecular weight excluding hydrogens is 344 g/mol. The van der Waals surface area contributed by atoms with Gasteiger partial charge in [0.25, 0.3) is 0 Å². The van der Waals surface area contributed by atoms with Crippen LogP contribution < -0.4 is 9.47 Å². The summed E-state index contributed by atoms with van der Waals surface area (Å²) in [5.74, 6) is -0.575. The van der Waals surface area contributed by atoms with Gasteiger partial charge < -0.3 is 9.47 Å². The van der Waals surface area contributed by atoms with Gasteiger partial charge in [0.15, 0.2) is 0 Å². The molecule has 1 heterocycles. The van der Waals surface area contributed by atoms with E-state index in [0.717, 1.165) is 10.2 Å². The number of hydrogen-bond donors (Lipinski definition) is 0. The zero-order valence-electron chi connectivity index (χ0n) is 13.0. The third-order valence-corrected chi connectivity index (χ3v) is 4.25. The second kappa shape index (κ2) is 7.10. The normalized spacial score (nSPS) is 10.9. The highest BCUT2D eigenvalue weighted by Gasteiger charge is 2.18. The average Bonchev–Trinajstić information content (AvgIpc) is 3.03. The monoisotopic (exact) mass is 356 g/mol. The van der Waals surface area contributed by atoms with Gasteiger partial charge >= 0.3 is 11.7 Å². The lowest BCUT2D eigenvalue weighted by molar-refractivity contribution is -0.385. The summed E-state index contributed by atoms with van der Waals surface area (Å²) in [5, 5.41) is 11.7. The molecule has 0 aliphatic carbocycles. The molecule has 1 aromatic heterocycles. The number of benzene rings is 2. The Kier molecular flexibility index (Phi) is 4.71. The van der Waals surface area contributed by atoms with Crippen molar-refractivity contribution >= 4 is 39.3 Å². The van der Waals surface area contributed by atoms with E-state index in [1.54, 1.807) is 0 Å². The van der Waals surface area contributed by atoms with Crippen molar-refractivity contribution in [3.05, 3.63) is 63.7 Å². The maximum Gasteiger partial charge on any atom is 0.336 e. The van der Waals surface area contributed by atoms with Gasteiger partial charge in [0.05, 0.1) is 28.3 Å². The predicted molar refractivity (Wildman–Crippen MR) is 93.9 cm³/mol. The maximum absolute atomic E-state index is 11.9. The Labute approximate surface area is 146 Å². The molecule has 0 bridgehead atoms. The molecule has 0 aliphatic heterocycles. The number of carbonyl (C=O) groups excluding carboxylic acids is 1. The van der Waals surface area contributed by atoms with E-state index in [2.05, 4.69) is 4.98 Å². The highest BCUT2D eigenvalue weighted by Crippen LogP contribution is 2.31. The standard InChI is InChI=1S/C17H12N2O5S/c1-23-11-6-7-14(13(10-11)19(21)22)24-17(20)9-8-16-18-12-4-2-3-5-15(12)25-16/h2-10H,1H3/b9-8+. The minimum absolute atomic E-state index is 0.148. The van der Waals surface area contributed by atoms with E-state index in [0.29, 0.717) is 10.8 Å². The lowest BCUT2D eigenvalue weighted by Crippen LogP contribution is -2.06. The second-order valence-corrected chi connectivity index (χ2v) is 5.93. The van der Waals surface area contributed by atoms with Crippen LogP contribution in [0.3, 0.4) is 0 Å². The predicted octanol–water partition coefficient (Wildman–Crippen LogP) is 3.83. The van der Waals surface area contributed by atoms with E-state index >= 15 is 0 Å². The summed E-state index contributed by atoms with van der Waals surface area (Å²) in [7, 11) is 1.39. The Balaban J connectivity index is 1.77. The number of rotatable bonds is 5. The van der Waals surface area contributed by atoms with Gasteiger partial charge in [-0.05, 0) is 30.3 Å². The van der Waals surface area contributed by atoms with E-state index in [9.17, 15) is 14.9 Å². The molecule has 7 nitrogen and oxygen atoms in total. The number of esters is 1. The second-order valence-electron chi connectivity index (χ2n) is 4.87. The molecule has 3 rings (SSSR count). The van der Waals surface area contributed by atoms with Gasteiger partial charge in [-0.25, -0.2) is 9.78 Å². The first-order valence-corrected chi connectivity index (χ1v) is 7.96. The molecule has 0 fully saturated rings. The van der Waals surface area contributed by atoms with Crippen molar-refractivity contribution in [2.45, 2.75) is 0 Å². The van der Waals surface area contributed by atoms with Crippen LogP contribution in [0.5, 0.6) is 11.5 Å². The molecule has 126 valence electrons. The molecule has 0 N–H and O–H groups in total. The zero-order valence-corrected chi connectivity index (χ0v) is 13.9. The third kappa shape index (κ3) is 3.81. The topological polar surface area (TPSA) is 91.6 Å². The fourth-order valence-electron chi connectivity index (χ4n) is 2.10. The Morgan fingerprint density at radius 2 is 2.08 bits per heavy atom. The summed E-state index contributed by atoms with van der Waals surface area (Å²) >= 11 is 1.43. The largest absolute Gasteiger partial charge is 0.496 e. The van der Waals surface area contributed by atoms with E-state index in [1.807, 2.05) is 24.3 Å². The van der Waals surface area contributed by atoms with Crippen LogP contribution in [-0.4, -0.2) is 23.0 Å². The Morgan fingerprint density at radius 1 is 1.28 bits per heavy atom. The molecule has 0 amide bonds. The Morgan fingerprint density at radius 3 is 2.80 bits per heavy atom. The lowest BCUT2D eigenvalue weighted by Gasteiger charge is -2.04. The molecule has 3 aromatic rings. The van der Waals surface area contributed by atoms with Crippen LogP contribution >= 0.6 is 11.3 Å². The van der Waals surface area contributed by atoms with Crippen molar-refractivity contribution in [2.24, 2.45) is 0 Å². The van der Waals surface area contributed by atoms with Crippen molar-refractivity contribution < 1.29 is 19.2 Å². The first kappa shape index (κ1) is 16.6. The summed E-state index contributed by atoms with van der Waals surface area (Å²) in [6, 6.07) is 11.6. The summed E-state index contributed by atoms with van der Waals surface area (Å²) in [4.78, 5) is 26.7. The van der Waals surface area contributed by atoms with E-state index in [1.165, 1.54) is 48.8 Å². The van der Waals surface area contributed by atoms with Crippen molar-refractivity contribution in [3.8, 4) is 11.5 Å². The number of hydrogen-bond acceptors (Lipinski definition) is 7. The molecule has 2 aromatic carbocycles. The molecule has 0 unspecified atom stereocenters. The van der Waals surface area contributed by atoms with E-state index in [-0.39, 0.29) is 11.4 Å². The van der Waals surface area contributed by atoms with Crippen molar-refractivity contribution in [2.75, 3.05) is 7.11 Å². The zero-order chi connectivity index (χ0) is 17.8. The smallest absolute Gasteiger partial charge is 0.336 e. The van der Waals surface area contributed by atoms with Gasteiger partial charge in [0.1, 0.15) is 10.8 Å². The number of nitro groups is 1. The quantitative estimate of drug-likeness (QED) is 0.227. The van der Waals surface area contributed by atoms with Crippen LogP contribution in [0.1, 0.15) is 5.01 Å². The van der Waals surface area contributed by atoms with Crippen LogP contribution in [0.25, 0.3) is 16.3 Å². The van der Waals surface area contributed by atoms with Gasteiger partial charge in [0.2, 0.25) is 5.75 Å². The lowest BCUT2D eigenvalue weighted by atomic mass is 10.3. The highest BCUT2D eigenvalue weighted by atomic mass is 32.1. The highest BCUT2D eigenvalue weighted by molar-refractivity contribution is 7.19. The fraction of sp³-hybridized carbons (Fsp3) is 0.0588. The molecule has 0 radical (unpaired) electrons. The molecule has 0 aliphatic rings. The van der Waals surface area contributed by atoms with Crippen molar-refractivity contribution in [3.63, 3.8) is 0 Å². The summed E-state index contributed by atoms with van der Waals surface area (Å²) in [5.41, 5.74) is 0.493. The van der Waals surface area contributed by atoms with Gasteiger partial charge in [-0.3, -0.25) is 10.1 Å². The van der Waals surface area contributed by atoms with Crippen molar-refractivity contribution in [1.29, 1.82) is 0 Å². The number of nitrogens with zero attached hydrogens (tertiary/aromatic N) is 2. The molecule has 0 spiro atoms. The van der Waals surface area contributed by atoms with E-state index in [4.69, 9.17) is 9.47 Å². The first-order chi connectivity index (χ1) is 12.1. The summed E-state index contributed by atoms with van der Waals surface area (Å²) in [6.45, 7) is 0. The van der Waals surface area contributed by atoms with Crippen LogP contribution in [0, 0.1) is 10.1 Å². The van der Waals surface area contributed by atoms with Crippen molar-refractivity contribution in [1.82, 2.24) is 4.98 Å². The Hall–Kier alpha value is -3.26. The average molecular weight is 356 g/mol. The SMILES string of the molecule is COc1ccc(OC(=O)/C=C/c2nc3ccccc3s2)c([N+](=O)[O-])c1. The summed E-state index contributed by atoms with van der Waals surface area (Å²) < 4.78 is 11.0. The van der Waals surface area contributed by atoms with Gasteiger partial charge in [-0.2, -0.15) is 0 Å². The fourth-order valence-corrected chi connectivity index (χ4v) is 2.97. The molecule has 0 atom stereocenters. The van der Waals surface area contributed by atoms with Crippen LogP contribution in [0.4, 0.5) is 5.69 Å². The number of ether oxygens (including phenoxy) is 2. The minimum atomic E-state index is -0.729. The molecule has 25 heavy (non-hydrogen) atoms. The minimum Gasteiger partial charge on any atom is -0.496 e. The first-order valence-electron chi connectivity index (χ1n) is 7.15. The molecular formula is C17H12N2O5S. The number of methoxy groups -OCH3 is 1. The van der Waals surface area contributed by atoms with Gasteiger partial charge in [0, 0.05) is 6.08 Å². The number of aromatic nitrogens is 1. The molecule has 0 saturated heterocycles. The number of thiazole rings is 1. The van der Waals surface area contributed by atoms with Gasteiger partial charge in [-0.15, -0.1) is 11.3 Å². The third-order valence-electron chi connectivity index (χ3n) is 3.25. The van der Waals surface area contributed by atoms with E-state index < -0.39 is 10.9 Å². The Bertz CT molecular complexity index is 947.